The van der Waals surface area contributed by atoms with Gasteiger partial charge in [0, 0.05) is 24.5 Å². The van der Waals surface area contributed by atoms with Crippen LogP contribution in [-0.2, 0) is 6.54 Å². The Morgan fingerprint density at radius 2 is 2.16 bits per heavy atom. The fourth-order valence-corrected chi connectivity index (χ4v) is 1.72. The molecule has 0 aromatic carbocycles. The van der Waals surface area contributed by atoms with Gasteiger partial charge in [-0.1, -0.05) is 6.07 Å². The Kier molecular flexibility index (Phi) is 4.20. The summed E-state index contributed by atoms with van der Waals surface area (Å²) in [7, 11) is 0. The molecule has 0 aliphatic rings. The van der Waals surface area contributed by atoms with Crippen molar-refractivity contribution in [2.75, 3.05) is 0 Å². The minimum atomic E-state index is -0.157. The second-order valence-electron chi connectivity index (χ2n) is 4.19. The average Bonchev–Trinajstić information content (AvgIpc) is 2.48. The summed E-state index contributed by atoms with van der Waals surface area (Å²) in [6.45, 7) is 2.21. The first-order valence-corrected chi connectivity index (χ1v) is 6.07. The van der Waals surface area contributed by atoms with E-state index in [2.05, 4.69) is 15.3 Å². The standard InChI is InChI=1S/C14H16N4O/c1-10(13-4-2-3-6-17-13)18-14(19)11-5-7-16-12(8-11)9-15/h2-8,10H,9,15H2,1H3,(H,18,19). The lowest BCUT2D eigenvalue weighted by molar-refractivity contribution is 0.0939. The number of carbonyl (C=O) groups is 1. The van der Waals surface area contributed by atoms with Gasteiger partial charge in [-0.25, -0.2) is 0 Å². The summed E-state index contributed by atoms with van der Waals surface area (Å²) in [5, 5.41) is 2.89. The van der Waals surface area contributed by atoms with Gasteiger partial charge in [0.1, 0.15) is 0 Å². The zero-order valence-corrected chi connectivity index (χ0v) is 10.7. The van der Waals surface area contributed by atoms with E-state index < -0.39 is 0 Å². The predicted molar refractivity (Wildman–Crippen MR) is 72.2 cm³/mol. The van der Waals surface area contributed by atoms with E-state index in [0.29, 0.717) is 17.8 Å². The maximum atomic E-state index is 12.1. The van der Waals surface area contributed by atoms with Crippen LogP contribution in [0.4, 0.5) is 0 Å². The fraction of sp³-hybridized carbons (Fsp3) is 0.214. The van der Waals surface area contributed by atoms with Crippen molar-refractivity contribution in [2.45, 2.75) is 19.5 Å². The Bertz CT molecular complexity index is 556. The van der Waals surface area contributed by atoms with Gasteiger partial charge in [0.05, 0.1) is 17.4 Å². The largest absolute Gasteiger partial charge is 0.344 e. The molecule has 0 bridgehead atoms. The predicted octanol–water partition coefficient (Wildman–Crippen LogP) is 1.43. The van der Waals surface area contributed by atoms with Crippen molar-refractivity contribution < 1.29 is 4.79 Å². The highest BCUT2D eigenvalue weighted by molar-refractivity contribution is 5.94. The van der Waals surface area contributed by atoms with Crippen molar-refractivity contribution >= 4 is 5.91 Å². The van der Waals surface area contributed by atoms with Gasteiger partial charge < -0.3 is 11.1 Å². The van der Waals surface area contributed by atoms with Crippen molar-refractivity contribution in [3.63, 3.8) is 0 Å². The van der Waals surface area contributed by atoms with E-state index in [1.54, 1.807) is 24.5 Å². The molecule has 2 aromatic heterocycles. The normalized spacial score (nSPS) is 11.9. The Morgan fingerprint density at radius 1 is 1.32 bits per heavy atom. The molecule has 2 heterocycles. The highest BCUT2D eigenvalue weighted by Gasteiger charge is 2.12. The molecule has 0 radical (unpaired) electrons. The van der Waals surface area contributed by atoms with Gasteiger partial charge in [0.2, 0.25) is 0 Å². The van der Waals surface area contributed by atoms with E-state index >= 15 is 0 Å². The number of rotatable bonds is 4. The fourth-order valence-electron chi connectivity index (χ4n) is 1.72. The van der Waals surface area contributed by atoms with Crippen LogP contribution in [0, 0.1) is 0 Å². The molecule has 1 amide bonds. The first-order chi connectivity index (χ1) is 9.20. The van der Waals surface area contributed by atoms with Crippen molar-refractivity contribution in [1.29, 1.82) is 0 Å². The zero-order chi connectivity index (χ0) is 13.7. The van der Waals surface area contributed by atoms with Gasteiger partial charge >= 0.3 is 0 Å². The Morgan fingerprint density at radius 3 is 2.84 bits per heavy atom. The van der Waals surface area contributed by atoms with Crippen LogP contribution < -0.4 is 11.1 Å². The van der Waals surface area contributed by atoms with Crippen molar-refractivity contribution in [2.24, 2.45) is 5.73 Å². The second kappa shape index (κ2) is 6.06. The molecular weight excluding hydrogens is 240 g/mol. The average molecular weight is 256 g/mol. The molecule has 0 saturated carbocycles. The second-order valence-corrected chi connectivity index (χ2v) is 4.19. The van der Waals surface area contributed by atoms with Crippen LogP contribution in [0.1, 0.15) is 34.7 Å². The number of nitrogens with zero attached hydrogens (tertiary/aromatic N) is 2. The summed E-state index contributed by atoms with van der Waals surface area (Å²) in [6.07, 6.45) is 3.29. The number of amides is 1. The molecule has 1 unspecified atom stereocenters. The Labute approximate surface area is 111 Å². The molecule has 0 fully saturated rings. The Balaban J connectivity index is 2.08. The zero-order valence-electron chi connectivity index (χ0n) is 10.7. The molecule has 98 valence electrons. The highest BCUT2D eigenvalue weighted by atomic mass is 16.1. The lowest BCUT2D eigenvalue weighted by Gasteiger charge is -2.13. The summed E-state index contributed by atoms with van der Waals surface area (Å²) in [5.74, 6) is -0.157. The summed E-state index contributed by atoms with van der Waals surface area (Å²) >= 11 is 0. The van der Waals surface area contributed by atoms with E-state index in [4.69, 9.17) is 5.73 Å². The van der Waals surface area contributed by atoms with Gasteiger partial charge in [0.25, 0.3) is 5.91 Å². The highest BCUT2D eigenvalue weighted by Crippen LogP contribution is 2.10. The summed E-state index contributed by atoms with van der Waals surface area (Å²) in [5.41, 5.74) is 7.58. The quantitative estimate of drug-likeness (QED) is 0.867. The molecule has 2 aromatic rings. The maximum Gasteiger partial charge on any atom is 0.251 e. The minimum absolute atomic E-state index is 0.150. The Hall–Kier alpha value is -2.27. The van der Waals surface area contributed by atoms with Crippen molar-refractivity contribution in [3.05, 3.63) is 59.7 Å². The third-order valence-corrected chi connectivity index (χ3v) is 2.77. The summed E-state index contributed by atoms with van der Waals surface area (Å²) in [4.78, 5) is 20.4. The molecule has 5 heteroatoms. The van der Waals surface area contributed by atoms with E-state index in [9.17, 15) is 4.79 Å². The van der Waals surface area contributed by atoms with Crippen LogP contribution in [0.15, 0.2) is 42.7 Å². The molecule has 0 saturated heterocycles. The molecule has 19 heavy (non-hydrogen) atoms. The number of hydrogen-bond acceptors (Lipinski definition) is 4. The van der Waals surface area contributed by atoms with Crippen LogP contribution in [0.5, 0.6) is 0 Å². The third kappa shape index (κ3) is 3.35. The van der Waals surface area contributed by atoms with Gasteiger partial charge in [-0.05, 0) is 31.2 Å². The van der Waals surface area contributed by atoms with Crippen LogP contribution in [0.3, 0.4) is 0 Å². The van der Waals surface area contributed by atoms with E-state index in [1.807, 2.05) is 25.1 Å². The summed E-state index contributed by atoms with van der Waals surface area (Å²) < 4.78 is 0. The number of hydrogen-bond donors (Lipinski definition) is 2. The number of pyridine rings is 2. The van der Waals surface area contributed by atoms with Crippen molar-refractivity contribution in [1.82, 2.24) is 15.3 Å². The summed E-state index contributed by atoms with van der Waals surface area (Å²) in [6, 6.07) is 8.82. The number of aromatic nitrogens is 2. The SMILES string of the molecule is CC(NC(=O)c1ccnc(CN)c1)c1ccccn1. The lowest BCUT2D eigenvalue weighted by Crippen LogP contribution is -2.27. The number of carbonyl (C=O) groups excluding carboxylic acids is 1. The number of nitrogens with two attached hydrogens (primary N) is 1. The minimum Gasteiger partial charge on any atom is -0.344 e. The molecule has 5 nitrogen and oxygen atoms in total. The first-order valence-electron chi connectivity index (χ1n) is 6.07. The first kappa shape index (κ1) is 13.2. The molecule has 0 aliphatic carbocycles. The van der Waals surface area contributed by atoms with Crippen LogP contribution in [0.25, 0.3) is 0 Å². The molecule has 0 aliphatic heterocycles. The molecule has 1 atom stereocenters. The molecular formula is C14H16N4O. The topological polar surface area (TPSA) is 80.9 Å². The lowest BCUT2D eigenvalue weighted by atomic mass is 10.1. The van der Waals surface area contributed by atoms with Gasteiger partial charge in [-0.3, -0.25) is 14.8 Å². The van der Waals surface area contributed by atoms with E-state index in [1.165, 1.54) is 0 Å². The smallest absolute Gasteiger partial charge is 0.251 e. The number of nitrogens with one attached hydrogen (secondary N) is 1. The van der Waals surface area contributed by atoms with Crippen LogP contribution in [-0.4, -0.2) is 15.9 Å². The molecule has 2 rings (SSSR count). The van der Waals surface area contributed by atoms with E-state index in [0.717, 1.165) is 5.69 Å². The third-order valence-electron chi connectivity index (χ3n) is 2.77. The van der Waals surface area contributed by atoms with Gasteiger partial charge in [0.15, 0.2) is 0 Å². The monoisotopic (exact) mass is 256 g/mol. The maximum absolute atomic E-state index is 12.1. The molecule has 3 N–H and O–H groups in total. The van der Waals surface area contributed by atoms with Crippen LogP contribution >= 0.6 is 0 Å². The van der Waals surface area contributed by atoms with E-state index in [-0.39, 0.29) is 11.9 Å². The van der Waals surface area contributed by atoms with Gasteiger partial charge in [-0.2, -0.15) is 0 Å². The molecule has 0 spiro atoms. The van der Waals surface area contributed by atoms with Crippen LogP contribution in [0.2, 0.25) is 0 Å². The van der Waals surface area contributed by atoms with Gasteiger partial charge in [-0.15, -0.1) is 0 Å². The van der Waals surface area contributed by atoms with Crippen molar-refractivity contribution in [3.8, 4) is 0 Å².